The van der Waals surface area contributed by atoms with Crippen LogP contribution in [0.5, 0.6) is 11.5 Å². The first-order valence-electron chi connectivity index (χ1n) is 6.60. The van der Waals surface area contributed by atoms with Crippen LogP contribution in [0.4, 0.5) is 5.69 Å². The van der Waals surface area contributed by atoms with Gasteiger partial charge in [0.15, 0.2) is 11.5 Å². The number of carboxylic acids is 1. The summed E-state index contributed by atoms with van der Waals surface area (Å²) in [5, 5.41) is 22.6. The van der Waals surface area contributed by atoms with Crippen LogP contribution in [0.1, 0.15) is 6.42 Å². The third kappa shape index (κ3) is 5.59. The van der Waals surface area contributed by atoms with Crippen LogP contribution in [0.15, 0.2) is 30.0 Å². The van der Waals surface area contributed by atoms with Crippen molar-refractivity contribution < 1.29 is 24.2 Å². The number of hydrogen-bond donors (Lipinski definition) is 3. The highest BCUT2D eigenvalue weighted by Crippen LogP contribution is 2.29. The van der Waals surface area contributed by atoms with Gasteiger partial charge in [-0.15, -0.1) is 0 Å². The number of benzene rings is 1. The molecule has 0 bridgehead atoms. The van der Waals surface area contributed by atoms with Gasteiger partial charge in [0.2, 0.25) is 0 Å². The highest BCUT2D eigenvalue weighted by molar-refractivity contribution is 6.06. The quantitative estimate of drug-likeness (QED) is 0.373. The lowest BCUT2D eigenvalue weighted by Gasteiger charge is -2.10. The second-order valence-electron chi connectivity index (χ2n) is 4.29. The molecular weight excluding hydrogens is 302 g/mol. The number of rotatable bonds is 8. The number of ether oxygens (including phenoxy) is 2. The van der Waals surface area contributed by atoms with Crippen molar-refractivity contribution in [2.75, 3.05) is 26.1 Å². The Bertz CT molecular complexity index is 649. The first-order valence-corrected chi connectivity index (χ1v) is 6.60. The van der Waals surface area contributed by atoms with E-state index in [1.807, 2.05) is 0 Å². The summed E-state index contributed by atoms with van der Waals surface area (Å²) in [6, 6.07) is 6.53. The van der Waals surface area contributed by atoms with E-state index in [1.54, 1.807) is 24.3 Å². The second kappa shape index (κ2) is 8.94. The van der Waals surface area contributed by atoms with Gasteiger partial charge < -0.3 is 25.2 Å². The summed E-state index contributed by atoms with van der Waals surface area (Å²) in [5.74, 6) is -0.647. The number of nitriles is 1. The van der Waals surface area contributed by atoms with Gasteiger partial charge >= 0.3 is 5.97 Å². The molecule has 1 aromatic rings. The van der Waals surface area contributed by atoms with Crippen LogP contribution in [0, 0.1) is 11.3 Å². The van der Waals surface area contributed by atoms with Gasteiger partial charge in [0, 0.05) is 24.5 Å². The van der Waals surface area contributed by atoms with Gasteiger partial charge in [-0.25, -0.2) is 0 Å². The molecule has 1 amide bonds. The zero-order chi connectivity index (χ0) is 17.2. The molecule has 1 aromatic carbocycles. The van der Waals surface area contributed by atoms with Crippen LogP contribution in [-0.4, -0.2) is 37.7 Å². The number of nitrogens with zero attached hydrogens (tertiary/aromatic N) is 1. The molecule has 0 saturated heterocycles. The molecule has 1 rings (SSSR count). The third-order valence-electron chi connectivity index (χ3n) is 2.74. The second-order valence-corrected chi connectivity index (χ2v) is 4.29. The van der Waals surface area contributed by atoms with E-state index in [0.29, 0.717) is 17.2 Å². The number of aliphatic carboxylic acids is 1. The van der Waals surface area contributed by atoms with Gasteiger partial charge in [-0.2, -0.15) is 5.26 Å². The fourth-order valence-electron chi connectivity index (χ4n) is 1.61. The molecule has 0 unspecified atom stereocenters. The van der Waals surface area contributed by atoms with Crippen molar-refractivity contribution in [3.63, 3.8) is 0 Å². The molecular formula is C15H17N3O5. The third-order valence-corrected chi connectivity index (χ3v) is 2.74. The highest BCUT2D eigenvalue weighted by Gasteiger charge is 2.11. The van der Waals surface area contributed by atoms with Crippen molar-refractivity contribution in [2.24, 2.45) is 0 Å². The van der Waals surface area contributed by atoms with Crippen LogP contribution in [0.3, 0.4) is 0 Å². The Kier molecular flexibility index (Phi) is 6.94. The van der Waals surface area contributed by atoms with Gasteiger partial charge in [-0.3, -0.25) is 9.59 Å². The molecule has 8 nitrogen and oxygen atoms in total. The van der Waals surface area contributed by atoms with Gasteiger partial charge in [0.1, 0.15) is 11.6 Å². The van der Waals surface area contributed by atoms with Crippen molar-refractivity contribution in [3.05, 3.63) is 30.0 Å². The molecule has 0 atom stereocenters. The minimum atomic E-state index is -0.973. The minimum Gasteiger partial charge on any atom is -0.493 e. The summed E-state index contributed by atoms with van der Waals surface area (Å²) in [6.07, 6.45) is 1.06. The number of carboxylic acid groups (broad SMARTS) is 1. The summed E-state index contributed by atoms with van der Waals surface area (Å²) < 4.78 is 10.2. The zero-order valence-corrected chi connectivity index (χ0v) is 12.8. The number of carbonyl (C=O) groups is 2. The largest absolute Gasteiger partial charge is 0.493 e. The number of hydrogen-bond acceptors (Lipinski definition) is 6. The van der Waals surface area contributed by atoms with Crippen molar-refractivity contribution in [3.8, 4) is 17.6 Å². The standard InChI is InChI=1S/C15H17N3O5/c1-22-12-4-3-11(7-13(12)23-2)18-15(21)10(8-16)9-17-6-5-14(19)20/h3-4,7,9,17H,5-6H2,1-2H3,(H,18,21)(H,19,20)/b10-9-. The van der Waals surface area contributed by atoms with Crippen LogP contribution < -0.4 is 20.1 Å². The van der Waals surface area contributed by atoms with E-state index in [2.05, 4.69) is 10.6 Å². The Hall–Kier alpha value is -3.21. The minimum absolute atomic E-state index is 0.115. The molecule has 0 fully saturated rings. The van der Waals surface area contributed by atoms with Crippen molar-refractivity contribution in [1.82, 2.24) is 5.32 Å². The highest BCUT2D eigenvalue weighted by atomic mass is 16.5. The number of amides is 1. The molecule has 8 heteroatoms. The van der Waals surface area contributed by atoms with Gasteiger partial charge in [0.25, 0.3) is 5.91 Å². The monoisotopic (exact) mass is 319 g/mol. The average molecular weight is 319 g/mol. The lowest BCUT2D eigenvalue weighted by atomic mass is 10.2. The maximum absolute atomic E-state index is 12.0. The van der Waals surface area contributed by atoms with E-state index in [-0.39, 0.29) is 18.5 Å². The Morgan fingerprint density at radius 3 is 2.57 bits per heavy atom. The number of nitrogens with one attached hydrogen (secondary N) is 2. The van der Waals surface area contributed by atoms with Crippen LogP contribution >= 0.6 is 0 Å². The first-order chi connectivity index (χ1) is 11.0. The maximum Gasteiger partial charge on any atom is 0.305 e. The first kappa shape index (κ1) is 17.8. The lowest BCUT2D eigenvalue weighted by Crippen LogP contribution is -2.18. The Morgan fingerprint density at radius 2 is 2.00 bits per heavy atom. The van der Waals surface area contributed by atoms with E-state index in [0.717, 1.165) is 0 Å². The average Bonchev–Trinajstić information content (AvgIpc) is 2.54. The summed E-state index contributed by atoms with van der Waals surface area (Å²) >= 11 is 0. The molecule has 0 heterocycles. The van der Waals surface area contributed by atoms with Crippen LogP contribution in [0.25, 0.3) is 0 Å². The van der Waals surface area contributed by atoms with Crippen molar-refractivity contribution >= 4 is 17.6 Å². The number of anilines is 1. The molecule has 0 radical (unpaired) electrons. The predicted molar refractivity (Wildman–Crippen MR) is 82.1 cm³/mol. The van der Waals surface area contributed by atoms with E-state index in [4.69, 9.17) is 19.8 Å². The maximum atomic E-state index is 12.0. The molecule has 0 saturated carbocycles. The lowest BCUT2D eigenvalue weighted by molar-refractivity contribution is -0.136. The molecule has 0 aliphatic carbocycles. The van der Waals surface area contributed by atoms with Gasteiger partial charge in [0.05, 0.1) is 20.6 Å². The van der Waals surface area contributed by atoms with Crippen molar-refractivity contribution in [2.45, 2.75) is 6.42 Å². The molecule has 0 aliphatic rings. The number of methoxy groups -OCH3 is 2. The molecule has 23 heavy (non-hydrogen) atoms. The molecule has 3 N–H and O–H groups in total. The van der Waals surface area contributed by atoms with Gasteiger partial charge in [-0.05, 0) is 12.1 Å². The van der Waals surface area contributed by atoms with E-state index in [9.17, 15) is 9.59 Å². The molecule has 0 spiro atoms. The van der Waals surface area contributed by atoms with E-state index >= 15 is 0 Å². The summed E-state index contributed by atoms with van der Waals surface area (Å²) in [7, 11) is 2.96. The van der Waals surface area contributed by atoms with E-state index < -0.39 is 11.9 Å². The summed E-state index contributed by atoms with van der Waals surface area (Å²) in [4.78, 5) is 22.4. The van der Waals surface area contributed by atoms with Crippen LogP contribution in [-0.2, 0) is 9.59 Å². The van der Waals surface area contributed by atoms with Crippen molar-refractivity contribution in [1.29, 1.82) is 5.26 Å². The molecule has 0 aromatic heterocycles. The predicted octanol–water partition coefficient (Wildman–Crippen LogP) is 1.11. The van der Waals surface area contributed by atoms with Gasteiger partial charge in [-0.1, -0.05) is 0 Å². The summed E-state index contributed by atoms with van der Waals surface area (Å²) in [5.41, 5.74) is 0.254. The normalized spacial score (nSPS) is 10.4. The Morgan fingerprint density at radius 1 is 1.30 bits per heavy atom. The Balaban J connectivity index is 2.75. The smallest absolute Gasteiger partial charge is 0.305 e. The SMILES string of the molecule is COc1ccc(NC(=O)/C(C#N)=C\NCCC(=O)O)cc1OC. The Labute approximate surface area is 133 Å². The number of carbonyl (C=O) groups excluding carboxylic acids is 1. The summed E-state index contributed by atoms with van der Waals surface area (Å²) in [6.45, 7) is 0.115. The fraction of sp³-hybridized carbons (Fsp3) is 0.267. The topological polar surface area (TPSA) is 121 Å². The zero-order valence-electron chi connectivity index (χ0n) is 12.8. The molecule has 122 valence electrons. The van der Waals surface area contributed by atoms with Crippen LogP contribution in [0.2, 0.25) is 0 Å². The fourth-order valence-corrected chi connectivity index (χ4v) is 1.61. The molecule has 0 aliphatic heterocycles. The van der Waals surface area contributed by atoms with E-state index in [1.165, 1.54) is 20.4 Å².